The molecular weight excluding hydrogens is 416 g/mol. The van der Waals surface area contributed by atoms with Gasteiger partial charge in [0.2, 0.25) is 5.91 Å². The number of hydrogen-bond acceptors (Lipinski definition) is 6. The first-order valence-corrected chi connectivity index (χ1v) is 11.9. The van der Waals surface area contributed by atoms with E-state index in [1.807, 2.05) is 29.2 Å². The van der Waals surface area contributed by atoms with E-state index in [9.17, 15) is 4.79 Å². The molecule has 0 aliphatic carbocycles. The van der Waals surface area contributed by atoms with Crippen LogP contribution in [-0.2, 0) is 11.3 Å². The van der Waals surface area contributed by atoms with Gasteiger partial charge in [-0.1, -0.05) is 18.2 Å². The lowest BCUT2D eigenvalue weighted by Gasteiger charge is -2.33. The lowest BCUT2D eigenvalue weighted by Crippen LogP contribution is -2.43. The van der Waals surface area contributed by atoms with Crippen molar-refractivity contribution in [1.82, 2.24) is 25.0 Å². The average molecular weight is 449 g/mol. The van der Waals surface area contributed by atoms with E-state index in [2.05, 4.69) is 32.5 Å². The molecule has 174 valence electrons. The molecule has 2 saturated heterocycles. The van der Waals surface area contributed by atoms with E-state index < -0.39 is 0 Å². The minimum atomic E-state index is 0.274. The van der Waals surface area contributed by atoms with Gasteiger partial charge in [0.05, 0.1) is 19.0 Å². The molecule has 1 amide bonds. The van der Waals surface area contributed by atoms with E-state index in [0.717, 1.165) is 85.7 Å². The average Bonchev–Trinajstić information content (AvgIpc) is 3.53. The lowest BCUT2D eigenvalue weighted by atomic mass is 9.94. The van der Waals surface area contributed by atoms with Crippen LogP contribution in [0.15, 0.2) is 36.4 Å². The number of likely N-dealkylation sites (tertiary alicyclic amines) is 2. The summed E-state index contributed by atoms with van der Waals surface area (Å²) in [5.41, 5.74) is 2.94. The van der Waals surface area contributed by atoms with Crippen LogP contribution in [0.3, 0.4) is 0 Å². The number of pyridine rings is 1. The Balaban J connectivity index is 1.24. The normalized spacial score (nSPS) is 19.2. The van der Waals surface area contributed by atoms with Gasteiger partial charge in [-0.15, -0.1) is 0 Å². The summed E-state index contributed by atoms with van der Waals surface area (Å²) < 4.78 is 5.44. The summed E-state index contributed by atoms with van der Waals surface area (Å²) in [5.74, 6) is 2.26. The number of nitrogens with one attached hydrogen (secondary N) is 2. The van der Waals surface area contributed by atoms with E-state index in [-0.39, 0.29) is 5.91 Å². The molecule has 8 nitrogen and oxygen atoms in total. The fourth-order valence-electron chi connectivity index (χ4n) is 5.01. The Morgan fingerprint density at radius 2 is 2.00 bits per heavy atom. The molecule has 2 aromatic heterocycles. The molecule has 2 aliphatic rings. The van der Waals surface area contributed by atoms with Crippen LogP contribution in [0.4, 0.5) is 5.82 Å². The number of H-pyrrole nitrogens is 1. The molecule has 1 unspecified atom stereocenters. The Labute approximate surface area is 194 Å². The Morgan fingerprint density at radius 3 is 2.85 bits per heavy atom. The van der Waals surface area contributed by atoms with Gasteiger partial charge >= 0.3 is 0 Å². The van der Waals surface area contributed by atoms with E-state index in [4.69, 9.17) is 9.72 Å². The lowest BCUT2D eigenvalue weighted by molar-refractivity contribution is -0.131. The molecule has 5 rings (SSSR count). The van der Waals surface area contributed by atoms with E-state index in [1.54, 1.807) is 7.11 Å². The van der Waals surface area contributed by atoms with Crippen molar-refractivity contribution < 1.29 is 9.53 Å². The van der Waals surface area contributed by atoms with Gasteiger partial charge in [-0.3, -0.25) is 14.8 Å². The van der Waals surface area contributed by atoms with Crippen LogP contribution in [-0.4, -0.2) is 70.7 Å². The molecule has 3 aromatic rings. The van der Waals surface area contributed by atoms with Crippen LogP contribution >= 0.6 is 0 Å². The van der Waals surface area contributed by atoms with Gasteiger partial charge in [0.15, 0.2) is 11.5 Å². The molecule has 0 spiro atoms. The van der Waals surface area contributed by atoms with Crippen molar-refractivity contribution in [2.45, 2.75) is 38.1 Å². The fourth-order valence-corrected chi connectivity index (χ4v) is 5.01. The van der Waals surface area contributed by atoms with Crippen LogP contribution in [0, 0.1) is 0 Å². The number of nitrogens with zero attached hydrogens (tertiary/aromatic N) is 4. The first-order chi connectivity index (χ1) is 16.2. The molecular formula is C25H32N6O2. The number of piperidine rings is 1. The number of carbonyl (C=O) groups is 1. The number of para-hydroxylation sites is 1. The standard InChI is InChI=1S/C25H32N6O2/c1-33-22-9-3-2-7-18(22)15-26-24-20-10-11-21(27-25(20)29-28-24)19-8-6-12-30(16-19)17-23(32)31-13-4-5-14-31/h2-3,7,9-11,19H,4-6,8,12-17H2,1H3,(H2,26,27,28,29). The topological polar surface area (TPSA) is 86.4 Å². The molecule has 2 N–H and O–H groups in total. The highest BCUT2D eigenvalue weighted by molar-refractivity contribution is 5.87. The number of aromatic nitrogens is 3. The van der Waals surface area contributed by atoms with E-state index in [0.29, 0.717) is 19.0 Å². The predicted octanol–water partition coefficient (Wildman–Crippen LogP) is 3.38. The van der Waals surface area contributed by atoms with Crippen molar-refractivity contribution in [1.29, 1.82) is 0 Å². The summed E-state index contributed by atoms with van der Waals surface area (Å²) in [4.78, 5) is 21.8. The van der Waals surface area contributed by atoms with Crippen molar-refractivity contribution in [3.05, 3.63) is 47.7 Å². The Hall–Kier alpha value is -3.13. The van der Waals surface area contributed by atoms with Crippen LogP contribution in [0.2, 0.25) is 0 Å². The summed E-state index contributed by atoms with van der Waals surface area (Å²) in [5, 5.41) is 11.9. The van der Waals surface area contributed by atoms with Crippen molar-refractivity contribution in [3.8, 4) is 5.75 Å². The number of fused-ring (bicyclic) bond motifs is 1. The molecule has 2 fully saturated rings. The summed E-state index contributed by atoms with van der Waals surface area (Å²) in [6, 6.07) is 12.2. The monoisotopic (exact) mass is 448 g/mol. The Morgan fingerprint density at radius 1 is 1.15 bits per heavy atom. The van der Waals surface area contributed by atoms with Gasteiger partial charge < -0.3 is 15.0 Å². The molecule has 2 aliphatic heterocycles. The van der Waals surface area contributed by atoms with Crippen molar-refractivity contribution >= 4 is 22.8 Å². The zero-order chi connectivity index (χ0) is 22.6. The van der Waals surface area contributed by atoms with Crippen molar-refractivity contribution in [2.75, 3.05) is 45.2 Å². The second kappa shape index (κ2) is 9.79. The number of carbonyl (C=O) groups excluding carboxylic acids is 1. The van der Waals surface area contributed by atoms with Gasteiger partial charge in [-0.05, 0) is 50.4 Å². The Kier molecular flexibility index (Phi) is 6.44. The maximum Gasteiger partial charge on any atom is 0.236 e. The van der Waals surface area contributed by atoms with Gasteiger partial charge in [0.1, 0.15) is 5.75 Å². The molecule has 8 heteroatoms. The highest BCUT2D eigenvalue weighted by atomic mass is 16.5. The number of anilines is 1. The smallest absolute Gasteiger partial charge is 0.236 e. The summed E-state index contributed by atoms with van der Waals surface area (Å²) in [7, 11) is 1.68. The first kappa shape index (κ1) is 21.7. The second-order valence-corrected chi connectivity index (χ2v) is 9.03. The minimum absolute atomic E-state index is 0.274. The largest absolute Gasteiger partial charge is 0.496 e. The quantitative estimate of drug-likeness (QED) is 0.576. The van der Waals surface area contributed by atoms with Crippen LogP contribution in [0.5, 0.6) is 5.75 Å². The summed E-state index contributed by atoms with van der Waals surface area (Å²) in [6.07, 6.45) is 4.46. The van der Waals surface area contributed by atoms with Crippen LogP contribution < -0.4 is 10.1 Å². The maximum atomic E-state index is 12.6. The number of amides is 1. The number of methoxy groups -OCH3 is 1. The molecule has 33 heavy (non-hydrogen) atoms. The third-order valence-corrected chi connectivity index (χ3v) is 6.83. The first-order valence-electron chi connectivity index (χ1n) is 11.9. The zero-order valence-electron chi connectivity index (χ0n) is 19.2. The van der Waals surface area contributed by atoms with E-state index >= 15 is 0 Å². The predicted molar refractivity (Wildman–Crippen MR) is 128 cm³/mol. The highest BCUT2D eigenvalue weighted by Crippen LogP contribution is 2.29. The summed E-state index contributed by atoms with van der Waals surface area (Å²) >= 11 is 0. The molecule has 1 aromatic carbocycles. The van der Waals surface area contributed by atoms with Gasteiger partial charge in [0.25, 0.3) is 0 Å². The Bertz CT molecular complexity index is 1110. The number of aromatic amines is 1. The van der Waals surface area contributed by atoms with Gasteiger partial charge in [-0.25, -0.2) is 4.98 Å². The number of hydrogen-bond donors (Lipinski definition) is 2. The maximum absolute atomic E-state index is 12.6. The highest BCUT2D eigenvalue weighted by Gasteiger charge is 2.26. The van der Waals surface area contributed by atoms with Crippen molar-refractivity contribution in [2.24, 2.45) is 0 Å². The van der Waals surface area contributed by atoms with Crippen molar-refractivity contribution in [3.63, 3.8) is 0 Å². The van der Waals surface area contributed by atoms with Crippen LogP contribution in [0.1, 0.15) is 42.9 Å². The third-order valence-electron chi connectivity index (χ3n) is 6.83. The third kappa shape index (κ3) is 4.80. The molecule has 1 atom stereocenters. The molecule has 0 bridgehead atoms. The summed E-state index contributed by atoms with van der Waals surface area (Å²) in [6.45, 7) is 4.85. The fraction of sp³-hybridized carbons (Fsp3) is 0.480. The number of ether oxygens (including phenoxy) is 1. The van der Waals surface area contributed by atoms with Gasteiger partial charge in [0, 0.05) is 43.4 Å². The van der Waals surface area contributed by atoms with Crippen LogP contribution in [0.25, 0.3) is 11.0 Å². The molecule has 0 radical (unpaired) electrons. The zero-order valence-corrected chi connectivity index (χ0v) is 19.2. The number of benzene rings is 1. The minimum Gasteiger partial charge on any atom is -0.496 e. The SMILES string of the molecule is COc1ccccc1CNc1n[nH]c2nc(C3CCCN(CC(=O)N4CCCC4)C3)ccc12. The molecule has 4 heterocycles. The number of rotatable bonds is 7. The second-order valence-electron chi connectivity index (χ2n) is 9.03. The van der Waals surface area contributed by atoms with Gasteiger partial charge in [-0.2, -0.15) is 5.10 Å². The molecule has 0 saturated carbocycles. The van der Waals surface area contributed by atoms with E-state index in [1.165, 1.54) is 0 Å².